The Bertz CT molecular complexity index is 80.5. The fourth-order valence-corrected chi connectivity index (χ4v) is 0.492. The minimum Gasteiger partial charge on any atom is -0.301 e. The summed E-state index contributed by atoms with van der Waals surface area (Å²) in [6.07, 6.45) is 1.74. The summed E-state index contributed by atoms with van der Waals surface area (Å²) >= 11 is 0. The van der Waals surface area contributed by atoms with Crippen molar-refractivity contribution < 1.29 is 4.79 Å². The molecule has 0 spiro atoms. The van der Waals surface area contributed by atoms with Gasteiger partial charge in [0.1, 0.15) is 6.29 Å². The lowest BCUT2D eigenvalue weighted by atomic mass is 10.0. The zero-order valence-corrected chi connectivity index (χ0v) is 6.42. The van der Waals surface area contributed by atoms with Gasteiger partial charge in [-0.25, -0.2) is 0 Å². The predicted molar refractivity (Wildman–Crippen MR) is 37.6 cm³/mol. The van der Waals surface area contributed by atoms with E-state index < -0.39 is 0 Å². The van der Waals surface area contributed by atoms with E-state index in [1.165, 1.54) is 0 Å². The van der Waals surface area contributed by atoms with Crippen LogP contribution in [0.4, 0.5) is 0 Å². The van der Waals surface area contributed by atoms with E-state index in [0.29, 0.717) is 0 Å². The van der Waals surface area contributed by atoms with Crippen LogP contribution < -0.4 is 5.09 Å². The highest BCUT2D eigenvalue weighted by Gasteiger charge is 2.16. The Balaban J connectivity index is 3.76. The zero-order valence-electron chi connectivity index (χ0n) is 5.27. The molecule has 0 radical (unpaired) electrons. The molecular formula is C5H12NOP. The van der Waals surface area contributed by atoms with Crippen molar-refractivity contribution in [3.63, 3.8) is 0 Å². The van der Waals surface area contributed by atoms with Gasteiger partial charge in [0, 0.05) is 0 Å². The Morgan fingerprint density at radius 1 is 1.88 bits per heavy atom. The van der Waals surface area contributed by atoms with Gasteiger partial charge in [0.05, 0.1) is 5.54 Å². The van der Waals surface area contributed by atoms with Gasteiger partial charge in [-0.05, 0) is 13.3 Å². The first-order valence-electron chi connectivity index (χ1n) is 2.62. The minimum atomic E-state index is -0.343. The number of carbonyl (C=O) groups is 1. The van der Waals surface area contributed by atoms with Gasteiger partial charge in [-0.15, -0.1) is 0 Å². The van der Waals surface area contributed by atoms with Gasteiger partial charge in [-0.2, -0.15) is 0 Å². The second-order valence-electron chi connectivity index (χ2n) is 2.03. The molecule has 0 heterocycles. The molecule has 0 aliphatic heterocycles. The molecule has 8 heavy (non-hydrogen) atoms. The lowest BCUT2D eigenvalue weighted by Crippen LogP contribution is -2.36. The van der Waals surface area contributed by atoms with Crippen LogP contribution in [0, 0.1) is 0 Å². The number of hydrogen-bond acceptors (Lipinski definition) is 2. The molecule has 0 amide bonds. The van der Waals surface area contributed by atoms with Crippen molar-refractivity contribution in [1.29, 1.82) is 0 Å². The molecule has 2 nitrogen and oxygen atoms in total. The van der Waals surface area contributed by atoms with Crippen molar-refractivity contribution in [3.8, 4) is 0 Å². The third-order valence-corrected chi connectivity index (χ3v) is 1.98. The SMILES string of the molecule is CCC(C)(C=O)NP. The van der Waals surface area contributed by atoms with Crippen LogP contribution in [0.2, 0.25) is 0 Å². The molecule has 0 fully saturated rings. The first-order valence-corrected chi connectivity index (χ1v) is 3.20. The summed E-state index contributed by atoms with van der Waals surface area (Å²) in [6.45, 7) is 3.82. The van der Waals surface area contributed by atoms with Crippen LogP contribution in [0.15, 0.2) is 0 Å². The van der Waals surface area contributed by atoms with E-state index in [9.17, 15) is 4.79 Å². The van der Waals surface area contributed by atoms with Gasteiger partial charge in [0.15, 0.2) is 0 Å². The Labute approximate surface area is 52.3 Å². The molecule has 0 bridgehead atoms. The van der Waals surface area contributed by atoms with Crippen LogP contribution in [0.5, 0.6) is 0 Å². The van der Waals surface area contributed by atoms with E-state index in [1.807, 2.05) is 13.8 Å². The largest absolute Gasteiger partial charge is 0.301 e. The zero-order chi connectivity index (χ0) is 6.62. The molecule has 0 rings (SSSR count). The normalized spacial score (nSPS) is 17.4. The summed E-state index contributed by atoms with van der Waals surface area (Å²) < 4.78 is 0. The lowest BCUT2D eigenvalue weighted by Gasteiger charge is -2.18. The van der Waals surface area contributed by atoms with Gasteiger partial charge >= 0.3 is 0 Å². The van der Waals surface area contributed by atoms with Gasteiger partial charge in [0.25, 0.3) is 0 Å². The van der Waals surface area contributed by atoms with Crippen LogP contribution >= 0.6 is 9.39 Å². The molecule has 3 heteroatoms. The first-order chi connectivity index (χ1) is 3.68. The maximum atomic E-state index is 10.2. The maximum absolute atomic E-state index is 10.2. The van der Waals surface area contributed by atoms with E-state index >= 15 is 0 Å². The average molecular weight is 133 g/mol. The molecule has 0 saturated carbocycles. The van der Waals surface area contributed by atoms with Crippen molar-refractivity contribution in [3.05, 3.63) is 0 Å². The highest BCUT2D eigenvalue weighted by molar-refractivity contribution is 7.13. The topological polar surface area (TPSA) is 29.1 Å². The van der Waals surface area contributed by atoms with Crippen LogP contribution in [0.1, 0.15) is 20.3 Å². The van der Waals surface area contributed by atoms with Crippen molar-refractivity contribution in [1.82, 2.24) is 5.09 Å². The summed E-state index contributed by atoms with van der Waals surface area (Å²) in [4.78, 5) is 10.2. The van der Waals surface area contributed by atoms with Crippen LogP contribution in [0.25, 0.3) is 0 Å². The molecule has 0 aromatic heterocycles. The summed E-state index contributed by atoms with van der Waals surface area (Å²) in [5, 5.41) is 2.83. The lowest BCUT2D eigenvalue weighted by molar-refractivity contribution is -0.112. The van der Waals surface area contributed by atoms with Crippen molar-refractivity contribution in [2.45, 2.75) is 25.8 Å². The van der Waals surface area contributed by atoms with Gasteiger partial charge in [-0.1, -0.05) is 16.3 Å². The smallest absolute Gasteiger partial charge is 0.139 e. The molecule has 2 atom stereocenters. The van der Waals surface area contributed by atoms with Crippen LogP contribution in [-0.2, 0) is 4.79 Å². The number of carbonyl (C=O) groups excluding carboxylic acids is 1. The monoisotopic (exact) mass is 133 g/mol. The predicted octanol–water partition coefficient (Wildman–Crippen LogP) is 0.734. The number of hydrogen-bond donors (Lipinski definition) is 1. The van der Waals surface area contributed by atoms with Gasteiger partial charge < -0.3 is 4.79 Å². The van der Waals surface area contributed by atoms with Crippen LogP contribution in [-0.4, -0.2) is 11.8 Å². The maximum Gasteiger partial charge on any atom is 0.139 e. The van der Waals surface area contributed by atoms with Crippen molar-refractivity contribution >= 4 is 15.7 Å². The van der Waals surface area contributed by atoms with E-state index in [2.05, 4.69) is 14.5 Å². The molecule has 0 aromatic rings. The minimum absolute atomic E-state index is 0.343. The Hall–Kier alpha value is 0.0600. The molecule has 0 saturated heterocycles. The third kappa shape index (κ3) is 1.89. The summed E-state index contributed by atoms with van der Waals surface area (Å²) in [6, 6.07) is 0. The molecule has 48 valence electrons. The van der Waals surface area contributed by atoms with E-state index in [4.69, 9.17) is 0 Å². The molecular weight excluding hydrogens is 121 g/mol. The number of aldehydes is 1. The Kier molecular flexibility index (Phi) is 3.18. The van der Waals surface area contributed by atoms with E-state index in [0.717, 1.165) is 12.7 Å². The number of nitrogens with one attached hydrogen (secondary N) is 1. The summed E-state index contributed by atoms with van der Waals surface area (Å²) in [5.41, 5.74) is -0.343. The molecule has 2 unspecified atom stereocenters. The first kappa shape index (κ1) is 8.06. The Morgan fingerprint density at radius 2 is 2.38 bits per heavy atom. The van der Waals surface area contributed by atoms with Crippen molar-refractivity contribution in [2.75, 3.05) is 0 Å². The fourth-order valence-electron chi connectivity index (χ4n) is 0.219. The molecule has 0 aliphatic rings. The fraction of sp³-hybridized carbons (Fsp3) is 0.800. The average Bonchev–Trinajstić information content (AvgIpc) is 1.87. The Morgan fingerprint density at radius 3 is 2.38 bits per heavy atom. The third-order valence-electron chi connectivity index (χ3n) is 1.32. The van der Waals surface area contributed by atoms with E-state index in [-0.39, 0.29) is 5.54 Å². The quantitative estimate of drug-likeness (QED) is 0.454. The molecule has 0 aromatic carbocycles. The second-order valence-corrected chi connectivity index (χ2v) is 2.32. The summed E-state index contributed by atoms with van der Waals surface area (Å²) in [7, 11) is 2.33. The van der Waals surface area contributed by atoms with Gasteiger partial charge in [0.2, 0.25) is 0 Å². The van der Waals surface area contributed by atoms with Gasteiger partial charge in [-0.3, -0.25) is 5.09 Å². The molecule has 1 N–H and O–H groups in total. The highest BCUT2D eigenvalue weighted by atomic mass is 31.0. The summed E-state index contributed by atoms with van der Waals surface area (Å²) in [5.74, 6) is 0. The highest BCUT2D eigenvalue weighted by Crippen LogP contribution is 2.05. The van der Waals surface area contributed by atoms with E-state index in [1.54, 1.807) is 0 Å². The molecule has 0 aliphatic carbocycles. The van der Waals surface area contributed by atoms with Crippen LogP contribution in [0.3, 0.4) is 0 Å². The standard InChI is InChI=1S/C5H12NOP/c1-3-5(2,4-7)6-8/h4,6H,3,8H2,1-2H3. The second kappa shape index (κ2) is 3.16. The van der Waals surface area contributed by atoms with Crippen molar-refractivity contribution in [2.24, 2.45) is 0 Å². The number of rotatable bonds is 3.